The number of halogens is 4. The highest BCUT2D eigenvalue weighted by Crippen LogP contribution is 2.35. The zero-order valence-electron chi connectivity index (χ0n) is 19.0. The molecule has 2 aromatic carbocycles. The molecule has 1 aromatic heterocycles. The van der Waals surface area contributed by atoms with Crippen LogP contribution in [0, 0.1) is 11.6 Å². The van der Waals surface area contributed by atoms with Crippen molar-refractivity contribution in [2.45, 2.75) is 44.2 Å². The Hall–Kier alpha value is -1.99. The molecule has 5 rings (SSSR count). The first-order chi connectivity index (χ1) is 15.6. The standard InChI is InChI=1S/C26H29F2N3O.2ClH/c27-21-5-1-3-18(15-21)4-2-12-29-22-10-13-30(14-11-22)16-20-17-31-24(32)9-7-19-6-8-23(28)25(20)26(19)31;;/h1,3,5-9,15,20,22,29H,2,4,10-14,16-17H2;2*1H/t20-;;/m1../s1. The van der Waals surface area contributed by atoms with Crippen LogP contribution < -0.4 is 10.9 Å². The molecule has 184 valence electrons. The van der Waals surface area contributed by atoms with Crippen molar-refractivity contribution in [2.24, 2.45) is 0 Å². The van der Waals surface area contributed by atoms with E-state index in [1.165, 1.54) is 12.1 Å². The number of aromatic nitrogens is 1. The van der Waals surface area contributed by atoms with Gasteiger partial charge in [0.2, 0.25) is 0 Å². The van der Waals surface area contributed by atoms with Gasteiger partial charge >= 0.3 is 0 Å². The fraction of sp³-hybridized carbons (Fsp3) is 0.423. The first-order valence-corrected chi connectivity index (χ1v) is 11.6. The van der Waals surface area contributed by atoms with Crippen molar-refractivity contribution in [1.29, 1.82) is 0 Å². The molecule has 1 atom stereocenters. The van der Waals surface area contributed by atoms with E-state index in [9.17, 15) is 13.6 Å². The maximum Gasteiger partial charge on any atom is 0.251 e. The van der Waals surface area contributed by atoms with Crippen LogP contribution in [0.1, 0.15) is 36.3 Å². The number of benzene rings is 2. The molecular formula is C26H31Cl2F2N3O. The Bertz CT molecular complexity index is 1180. The second-order valence-electron chi connectivity index (χ2n) is 9.14. The second kappa shape index (κ2) is 11.6. The molecule has 4 nitrogen and oxygen atoms in total. The highest BCUT2D eigenvalue weighted by Gasteiger charge is 2.31. The summed E-state index contributed by atoms with van der Waals surface area (Å²) in [7, 11) is 0. The van der Waals surface area contributed by atoms with Gasteiger partial charge in [-0.2, -0.15) is 0 Å². The fourth-order valence-corrected chi connectivity index (χ4v) is 5.35. The van der Waals surface area contributed by atoms with Crippen molar-refractivity contribution in [3.8, 4) is 0 Å². The fourth-order valence-electron chi connectivity index (χ4n) is 5.35. The number of nitrogens with zero attached hydrogens (tertiary/aromatic N) is 2. The van der Waals surface area contributed by atoms with Crippen LogP contribution in [0.3, 0.4) is 0 Å². The van der Waals surface area contributed by atoms with Crippen LogP contribution in [-0.4, -0.2) is 41.7 Å². The lowest BCUT2D eigenvalue weighted by atomic mass is 9.96. The van der Waals surface area contributed by atoms with Crippen molar-refractivity contribution < 1.29 is 8.78 Å². The predicted octanol–water partition coefficient (Wildman–Crippen LogP) is 4.91. The highest BCUT2D eigenvalue weighted by molar-refractivity contribution is 5.86. The molecule has 0 spiro atoms. The van der Waals surface area contributed by atoms with Crippen LogP contribution in [0.15, 0.2) is 53.3 Å². The second-order valence-corrected chi connectivity index (χ2v) is 9.14. The molecule has 0 amide bonds. The van der Waals surface area contributed by atoms with E-state index in [0.29, 0.717) is 18.2 Å². The summed E-state index contributed by atoms with van der Waals surface area (Å²) < 4.78 is 29.7. The minimum atomic E-state index is -0.200. The van der Waals surface area contributed by atoms with Gasteiger partial charge in [0.15, 0.2) is 0 Å². The van der Waals surface area contributed by atoms with Crippen LogP contribution in [0.2, 0.25) is 0 Å². The van der Waals surface area contributed by atoms with Gasteiger partial charge in [0, 0.05) is 36.7 Å². The summed E-state index contributed by atoms with van der Waals surface area (Å²) in [4.78, 5) is 14.7. The van der Waals surface area contributed by atoms with Crippen LogP contribution in [-0.2, 0) is 13.0 Å². The predicted molar refractivity (Wildman–Crippen MR) is 138 cm³/mol. The largest absolute Gasteiger partial charge is 0.314 e. The maximum absolute atomic E-state index is 14.7. The minimum Gasteiger partial charge on any atom is -0.314 e. The maximum atomic E-state index is 14.7. The van der Waals surface area contributed by atoms with Crippen LogP contribution >= 0.6 is 24.8 Å². The molecule has 3 aromatic rings. The molecular weight excluding hydrogens is 479 g/mol. The average Bonchev–Trinajstić information content (AvgIpc) is 3.18. The minimum absolute atomic E-state index is 0. The van der Waals surface area contributed by atoms with Crippen LogP contribution in [0.4, 0.5) is 8.78 Å². The lowest BCUT2D eigenvalue weighted by molar-refractivity contribution is 0.184. The quantitative estimate of drug-likeness (QED) is 0.460. The average molecular weight is 510 g/mol. The van der Waals surface area contributed by atoms with Gasteiger partial charge in [0.05, 0.1) is 5.52 Å². The normalized spacial score (nSPS) is 18.0. The van der Waals surface area contributed by atoms with Crippen LogP contribution in [0.5, 0.6) is 0 Å². The molecule has 1 saturated heterocycles. The third-order valence-electron chi connectivity index (χ3n) is 6.98. The first kappa shape index (κ1) is 26.6. The van der Waals surface area contributed by atoms with E-state index in [0.717, 1.165) is 68.3 Å². The molecule has 2 aliphatic heterocycles. The van der Waals surface area contributed by atoms with Crippen molar-refractivity contribution in [3.05, 3.63) is 81.6 Å². The lowest BCUT2D eigenvalue weighted by Crippen LogP contribution is -2.44. The van der Waals surface area contributed by atoms with Gasteiger partial charge < -0.3 is 14.8 Å². The summed E-state index contributed by atoms with van der Waals surface area (Å²) in [5.74, 6) is -0.354. The third-order valence-corrected chi connectivity index (χ3v) is 6.98. The van der Waals surface area contributed by atoms with Crippen molar-refractivity contribution in [1.82, 2.24) is 14.8 Å². The zero-order valence-corrected chi connectivity index (χ0v) is 20.6. The summed E-state index contributed by atoms with van der Waals surface area (Å²) in [5, 5.41) is 4.58. The molecule has 1 fully saturated rings. The number of pyridine rings is 1. The molecule has 8 heteroatoms. The summed E-state index contributed by atoms with van der Waals surface area (Å²) in [6.45, 7) is 4.21. The van der Waals surface area contributed by atoms with Gasteiger partial charge in [-0.05, 0) is 86.6 Å². The van der Waals surface area contributed by atoms with Gasteiger partial charge in [0.1, 0.15) is 11.6 Å². The Balaban J connectivity index is 0.00000162. The van der Waals surface area contributed by atoms with E-state index >= 15 is 0 Å². The van der Waals surface area contributed by atoms with Gasteiger partial charge in [-0.3, -0.25) is 4.79 Å². The number of hydrogen-bond donors (Lipinski definition) is 1. The van der Waals surface area contributed by atoms with E-state index in [-0.39, 0.29) is 47.9 Å². The summed E-state index contributed by atoms with van der Waals surface area (Å²) in [6.07, 6.45) is 3.99. The monoisotopic (exact) mass is 509 g/mol. The number of nitrogens with one attached hydrogen (secondary N) is 1. The molecule has 2 aliphatic rings. The Morgan fingerprint density at radius 3 is 2.53 bits per heavy atom. The van der Waals surface area contributed by atoms with Gasteiger partial charge in [-0.15, -0.1) is 24.8 Å². The van der Waals surface area contributed by atoms with E-state index in [1.807, 2.05) is 6.07 Å². The summed E-state index contributed by atoms with van der Waals surface area (Å²) in [5.41, 5.74) is 2.48. The summed E-state index contributed by atoms with van der Waals surface area (Å²) >= 11 is 0. The first-order valence-electron chi connectivity index (χ1n) is 11.6. The van der Waals surface area contributed by atoms with E-state index in [2.05, 4.69) is 10.2 Å². The van der Waals surface area contributed by atoms with Crippen molar-refractivity contribution in [3.63, 3.8) is 0 Å². The Morgan fingerprint density at radius 1 is 1.00 bits per heavy atom. The number of likely N-dealkylation sites (tertiary alicyclic amines) is 1. The Kier molecular flexibility index (Phi) is 9.10. The zero-order chi connectivity index (χ0) is 22.1. The molecule has 0 aliphatic carbocycles. The SMILES string of the molecule is Cl.Cl.O=c1ccc2ccc(F)c3c2n1C[C@H]3CN1CCC(NCCCc2cccc(F)c2)CC1. The molecule has 0 unspecified atom stereocenters. The number of piperidine rings is 1. The van der Waals surface area contributed by atoms with Gasteiger partial charge in [-0.25, -0.2) is 8.78 Å². The topological polar surface area (TPSA) is 37.3 Å². The molecule has 34 heavy (non-hydrogen) atoms. The highest BCUT2D eigenvalue weighted by atomic mass is 35.5. The van der Waals surface area contributed by atoms with E-state index < -0.39 is 0 Å². The smallest absolute Gasteiger partial charge is 0.251 e. The van der Waals surface area contributed by atoms with Gasteiger partial charge in [0.25, 0.3) is 5.56 Å². The van der Waals surface area contributed by atoms with Crippen molar-refractivity contribution >= 4 is 35.7 Å². The number of rotatable bonds is 7. The molecule has 1 N–H and O–H groups in total. The molecule has 0 radical (unpaired) electrons. The van der Waals surface area contributed by atoms with Gasteiger partial charge in [-0.1, -0.05) is 12.1 Å². The molecule has 0 saturated carbocycles. The summed E-state index contributed by atoms with van der Waals surface area (Å²) in [6, 6.07) is 14.0. The molecule has 0 bridgehead atoms. The molecule has 3 heterocycles. The Labute approximate surface area is 211 Å². The number of aryl methyl sites for hydroxylation is 1. The van der Waals surface area contributed by atoms with E-state index in [4.69, 9.17) is 0 Å². The number of hydrogen-bond acceptors (Lipinski definition) is 3. The lowest BCUT2D eigenvalue weighted by Gasteiger charge is -2.34. The Morgan fingerprint density at radius 2 is 1.76 bits per heavy atom. The van der Waals surface area contributed by atoms with Crippen LogP contribution in [0.25, 0.3) is 10.9 Å². The third kappa shape index (κ3) is 5.62. The van der Waals surface area contributed by atoms with Crippen molar-refractivity contribution in [2.75, 3.05) is 26.2 Å². The van der Waals surface area contributed by atoms with E-state index in [1.54, 1.807) is 34.9 Å².